The smallest absolute Gasteiger partial charge is 0.265 e. The minimum Gasteiger partial charge on any atom is -0.290 e. The van der Waals surface area contributed by atoms with Crippen LogP contribution in [0.5, 0.6) is 0 Å². The van der Waals surface area contributed by atoms with Crippen LogP contribution in [0, 0.1) is 0 Å². The standard InChI is InChI=1S/C16H12N4O4/c17-19-15(23)9-5-6-10(16(24)20-18)12-11(9)13(21)7-1-2-8(4-3-7)14(12)22/h1-6H,17-18H2,(H,19,23)(H,20,24). The molecule has 0 aliphatic rings. The first kappa shape index (κ1) is 15.5. The summed E-state index contributed by atoms with van der Waals surface area (Å²) in [4.78, 5) is 49.7. The SMILES string of the molecule is NNC(=O)c1ccc(C(=O)NN)c2c(=O)c3ccc(cc3)c(=O)c12. The van der Waals surface area contributed by atoms with E-state index in [0.29, 0.717) is 0 Å². The van der Waals surface area contributed by atoms with Gasteiger partial charge in [-0.05, 0) is 12.1 Å². The van der Waals surface area contributed by atoms with Gasteiger partial charge in [0.05, 0.1) is 11.1 Å². The summed E-state index contributed by atoms with van der Waals surface area (Å²) < 4.78 is 0. The average molecular weight is 324 g/mol. The van der Waals surface area contributed by atoms with Crippen LogP contribution in [-0.4, -0.2) is 11.8 Å². The molecule has 2 amide bonds. The summed E-state index contributed by atoms with van der Waals surface area (Å²) in [5, 5.41) is 0.211. The Bertz CT molecular complexity index is 1000. The molecule has 8 heteroatoms. The van der Waals surface area contributed by atoms with Gasteiger partial charge in [-0.15, -0.1) is 0 Å². The molecule has 0 fully saturated rings. The molecular formula is C16H12N4O4. The summed E-state index contributed by atoms with van der Waals surface area (Å²) in [6, 6.07) is 8.45. The second-order valence-corrected chi connectivity index (χ2v) is 5.09. The van der Waals surface area contributed by atoms with E-state index in [1.807, 2.05) is 10.9 Å². The number of benzene rings is 2. The fourth-order valence-electron chi connectivity index (χ4n) is 2.67. The van der Waals surface area contributed by atoms with Gasteiger partial charge in [-0.1, -0.05) is 24.3 Å². The van der Waals surface area contributed by atoms with Crippen LogP contribution < -0.4 is 33.4 Å². The third-order valence-electron chi connectivity index (χ3n) is 3.82. The summed E-state index contributed by atoms with van der Waals surface area (Å²) in [6.45, 7) is 0. The predicted octanol–water partition coefficient (Wildman–Crippen LogP) is -0.642. The van der Waals surface area contributed by atoms with Crippen molar-refractivity contribution in [1.29, 1.82) is 0 Å². The first-order valence-electron chi connectivity index (χ1n) is 6.88. The Morgan fingerprint density at radius 3 is 1.29 bits per heavy atom. The molecule has 6 N–H and O–H groups in total. The Balaban J connectivity index is 2.71. The number of rotatable bonds is 2. The number of carbonyl (C=O) groups is 2. The summed E-state index contributed by atoms with van der Waals surface area (Å²) in [7, 11) is 0. The molecule has 0 saturated heterocycles. The maximum absolute atomic E-state index is 12.8. The molecule has 2 bridgehead atoms. The Kier molecular flexibility index (Phi) is 3.68. The van der Waals surface area contributed by atoms with Crippen LogP contribution in [0.15, 0.2) is 46.0 Å². The molecule has 4 aromatic rings. The fraction of sp³-hybridized carbons (Fsp3) is 0. The highest BCUT2D eigenvalue weighted by molar-refractivity contribution is 6.14. The number of carbonyl (C=O) groups excluding carboxylic acids is 2. The van der Waals surface area contributed by atoms with Crippen LogP contribution >= 0.6 is 0 Å². The van der Waals surface area contributed by atoms with E-state index in [0.717, 1.165) is 0 Å². The van der Waals surface area contributed by atoms with Crippen molar-refractivity contribution in [2.45, 2.75) is 0 Å². The predicted molar refractivity (Wildman–Crippen MR) is 88.5 cm³/mol. The Morgan fingerprint density at radius 1 is 0.667 bits per heavy atom. The second kappa shape index (κ2) is 5.69. The topological polar surface area (TPSA) is 144 Å². The molecule has 0 aliphatic heterocycles. The van der Waals surface area contributed by atoms with E-state index in [1.165, 1.54) is 36.4 Å². The zero-order valence-corrected chi connectivity index (χ0v) is 12.3. The van der Waals surface area contributed by atoms with Crippen molar-refractivity contribution in [3.05, 3.63) is 68.0 Å². The van der Waals surface area contributed by atoms with Crippen LogP contribution in [-0.2, 0) is 0 Å². The van der Waals surface area contributed by atoms with Gasteiger partial charge in [0, 0.05) is 21.5 Å². The van der Waals surface area contributed by atoms with Gasteiger partial charge in [-0.3, -0.25) is 30.0 Å². The van der Waals surface area contributed by atoms with E-state index in [4.69, 9.17) is 11.7 Å². The van der Waals surface area contributed by atoms with Crippen molar-refractivity contribution in [3.63, 3.8) is 0 Å². The van der Waals surface area contributed by atoms with Gasteiger partial charge in [0.15, 0.2) is 10.9 Å². The van der Waals surface area contributed by atoms with Crippen molar-refractivity contribution < 1.29 is 9.59 Å². The summed E-state index contributed by atoms with van der Waals surface area (Å²) in [5.41, 5.74) is 2.55. The van der Waals surface area contributed by atoms with Crippen LogP contribution in [0.2, 0.25) is 0 Å². The quantitative estimate of drug-likeness (QED) is 0.280. The van der Waals surface area contributed by atoms with E-state index in [1.54, 1.807) is 0 Å². The van der Waals surface area contributed by atoms with E-state index in [2.05, 4.69) is 0 Å². The molecule has 4 rings (SSSR count). The largest absolute Gasteiger partial charge is 0.290 e. The molecule has 0 heterocycles. The third-order valence-corrected chi connectivity index (χ3v) is 3.82. The molecule has 0 saturated carbocycles. The number of hydrogen-bond donors (Lipinski definition) is 4. The molecule has 4 aromatic carbocycles. The number of fused-ring (bicyclic) bond motifs is 2. The summed E-state index contributed by atoms with van der Waals surface area (Å²) >= 11 is 0. The van der Waals surface area contributed by atoms with Gasteiger partial charge in [0.1, 0.15) is 0 Å². The van der Waals surface area contributed by atoms with Crippen molar-refractivity contribution in [2.24, 2.45) is 11.7 Å². The monoisotopic (exact) mass is 324 g/mol. The van der Waals surface area contributed by atoms with Crippen molar-refractivity contribution >= 4 is 33.4 Å². The first-order chi connectivity index (χ1) is 11.5. The van der Waals surface area contributed by atoms with E-state index in [-0.39, 0.29) is 32.7 Å². The fourth-order valence-corrected chi connectivity index (χ4v) is 2.67. The van der Waals surface area contributed by atoms with E-state index in [9.17, 15) is 19.2 Å². The molecule has 24 heavy (non-hydrogen) atoms. The van der Waals surface area contributed by atoms with Crippen LogP contribution in [0.25, 0.3) is 21.5 Å². The van der Waals surface area contributed by atoms with E-state index >= 15 is 0 Å². The number of nitrogen functional groups attached to an aromatic ring is 2. The molecule has 0 spiro atoms. The maximum Gasteiger partial charge on any atom is 0.265 e. The number of nitrogens with two attached hydrogens (primary N) is 2. The summed E-state index contributed by atoms with van der Waals surface area (Å²) in [5.74, 6) is 8.81. The van der Waals surface area contributed by atoms with Gasteiger partial charge in [0.25, 0.3) is 11.8 Å². The Morgan fingerprint density at radius 2 is 1.00 bits per heavy atom. The van der Waals surface area contributed by atoms with E-state index < -0.39 is 22.7 Å². The molecule has 0 radical (unpaired) electrons. The average Bonchev–Trinajstić information content (AvgIpc) is 2.63. The maximum atomic E-state index is 12.8. The van der Waals surface area contributed by atoms with Gasteiger partial charge < -0.3 is 0 Å². The van der Waals surface area contributed by atoms with Crippen LogP contribution in [0.1, 0.15) is 20.7 Å². The van der Waals surface area contributed by atoms with Gasteiger partial charge >= 0.3 is 0 Å². The molecule has 0 atom stereocenters. The lowest BCUT2D eigenvalue weighted by Gasteiger charge is -2.08. The number of amides is 2. The lowest BCUT2D eigenvalue weighted by atomic mass is 9.96. The van der Waals surface area contributed by atoms with Crippen molar-refractivity contribution in [3.8, 4) is 0 Å². The molecule has 0 aromatic heterocycles. The highest BCUT2D eigenvalue weighted by Crippen LogP contribution is 2.19. The molecule has 0 aliphatic carbocycles. The number of hydrazine groups is 2. The number of nitrogens with one attached hydrogen (secondary N) is 2. The summed E-state index contributed by atoms with van der Waals surface area (Å²) in [6.07, 6.45) is 0. The van der Waals surface area contributed by atoms with Crippen LogP contribution in [0.4, 0.5) is 0 Å². The van der Waals surface area contributed by atoms with Crippen LogP contribution in [0.3, 0.4) is 0 Å². The molecule has 0 unspecified atom stereocenters. The molecule has 8 nitrogen and oxygen atoms in total. The van der Waals surface area contributed by atoms with Crippen molar-refractivity contribution in [2.75, 3.05) is 0 Å². The molecule has 120 valence electrons. The minimum absolute atomic E-state index is 0.0955. The Labute approximate surface area is 134 Å². The zero-order chi connectivity index (χ0) is 17.4. The highest BCUT2D eigenvalue weighted by Gasteiger charge is 2.20. The normalized spacial score (nSPS) is 10.8. The lowest BCUT2D eigenvalue weighted by Crippen LogP contribution is -2.33. The second-order valence-electron chi connectivity index (χ2n) is 5.09. The lowest BCUT2D eigenvalue weighted by molar-refractivity contribution is 0.0944. The van der Waals surface area contributed by atoms with Gasteiger partial charge in [-0.2, -0.15) is 0 Å². The minimum atomic E-state index is -0.748. The first-order valence-corrected chi connectivity index (χ1v) is 6.88. The van der Waals surface area contributed by atoms with Gasteiger partial charge in [-0.25, -0.2) is 11.7 Å². The third kappa shape index (κ3) is 2.18. The number of hydrogen-bond acceptors (Lipinski definition) is 6. The zero-order valence-electron chi connectivity index (χ0n) is 12.3. The highest BCUT2D eigenvalue weighted by atomic mass is 16.2. The van der Waals surface area contributed by atoms with Crippen molar-refractivity contribution in [1.82, 2.24) is 10.9 Å². The Hall–Kier alpha value is -3.36. The molecular weight excluding hydrogens is 312 g/mol. The van der Waals surface area contributed by atoms with Gasteiger partial charge in [0.2, 0.25) is 0 Å².